The van der Waals surface area contributed by atoms with Gasteiger partial charge in [-0.2, -0.15) is 0 Å². The van der Waals surface area contributed by atoms with Crippen molar-refractivity contribution in [1.82, 2.24) is 4.98 Å². The smallest absolute Gasteiger partial charge is 0.137 e. The fourth-order valence-corrected chi connectivity index (χ4v) is 1.71. The van der Waals surface area contributed by atoms with Crippen LogP contribution in [0.25, 0.3) is 0 Å². The third kappa shape index (κ3) is 2.93. The minimum absolute atomic E-state index is 0.0350. The molecule has 0 radical (unpaired) electrons. The lowest BCUT2D eigenvalue weighted by Crippen LogP contribution is -2.16. The summed E-state index contributed by atoms with van der Waals surface area (Å²) in [5.74, 6) is 0.778. The van der Waals surface area contributed by atoms with Gasteiger partial charge in [-0.1, -0.05) is 0 Å². The fourth-order valence-electron chi connectivity index (χ4n) is 1.71. The molecular formula is C12H18N2O2. The van der Waals surface area contributed by atoms with E-state index in [-0.39, 0.29) is 12.1 Å². The molecule has 88 valence electrons. The first-order chi connectivity index (χ1) is 7.75. The van der Waals surface area contributed by atoms with Gasteiger partial charge in [0.2, 0.25) is 0 Å². The zero-order valence-corrected chi connectivity index (χ0v) is 9.56. The number of hydrogen-bond acceptors (Lipinski definition) is 4. The van der Waals surface area contributed by atoms with E-state index < -0.39 is 0 Å². The minimum atomic E-state index is -0.0350. The molecule has 0 amide bonds. The van der Waals surface area contributed by atoms with Crippen molar-refractivity contribution >= 4 is 0 Å². The molecule has 1 saturated heterocycles. The number of ether oxygens (including phenoxy) is 2. The van der Waals surface area contributed by atoms with Crippen molar-refractivity contribution in [3.63, 3.8) is 0 Å². The van der Waals surface area contributed by atoms with Crippen molar-refractivity contribution in [3.8, 4) is 5.75 Å². The predicted octanol–water partition coefficient (Wildman–Crippen LogP) is 1.66. The van der Waals surface area contributed by atoms with Crippen LogP contribution in [-0.2, 0) is 4.74 Å². The molecule has 2 atom stereocenters. The Labute approximate surface area is 95.8 Å². The van der Waals surface area contributed by atoms with Gasteiger partial charge in [0.1, 0.15) is 12.4 Å². The van der Waals surface area contributed by atoms with Crippen LogP contribution >= 0.6 is 0 Å². The van der Waals surface area contributed by atoms with Gasteiger partial charge in [-0.15, -0.1) is 0 Å². The Balaban J connectivity index is 1.84. The highest BCUT2D eigenvalue weighted by atomic mass is 16.5. The standard InChI is InChI=1S/C12H18N2O2/c1-9(13)12-5-4-10(7-14-12)16-8-11-3-2-6-15-11/h4-5,7,9,11H,2-3,6,8,13H2,1H3/t9-,11?/m0/s1. The van der Waals surface area contributed by atoms with Crippen LogP contribution in [0.3, 0.4) is 0 Å². The highest BCUT2D eigenvalue weighted by Gasteiger charge is 2.15. The lowest BCUT2D eigenvalue weighted by Gasteiger charge is -2.11. The van der Waals surface area contributed by atoms with E-state index >= 15 is 0 Å². The van der Waals surface area contributed by atoms with E-state index in [9.17, 15) is 0 Å². The molecule has 1 aromatic rings. The Bertz CT molecular complexity index is 318. The average Bonchev–Trinajstić information content (AvgIpc) is 2.80. The van der Waals surface area contributed by atoms with Crippen molar-refractivity contribution in [2.45, 2.75) is 31.9 Å². The Morgan fingerprint density at radius 3 is 3.06 bits per heavy atom. The monoisotopic (exact) mass is 222 g/mol. The molecule has 2 N–H and O–H groups in total. The van der Waals surface area contributed by atoms with Crippen LogP contribution in [0, 0.1) is 0 Å². The van der Waals surface area contributed by atoms with E-state index in [4.69, 9.17) is 15.2 Å². The van der Waals surface area contributed by atoms with Gasteiger partial charge in [-0.3, -0.25) is 4.98 Å². The van der Waals surface area contributed by atoms with Crippen molar-refractivity contribution in [1.29, 1.82) is 0 Å². The summed E-state index contributed by atoms with van der Waals surface area (Å²) in [5, 5.41) is 0. The number of nitrogens with zero attached hydrogens (tertiary/aromatic N) is 1. The van der Waals surface area contributed by atoms with Crippen molar-refractivity contribution < 1.29 is 9.47 Å². The summed E-state index contributed by atoms with van der Waals surface area (Å²) in [7, 11) is 0. The number of rotatable bonds is 4. The molecule has 4 heteroatoms. The van der Waals surface area contributed by atoms with Crippen LogP contribution in [-0.4, -0.2) is 24.3 Å². The molecule has 1 fully saturated rings. The molecule has 2 heterocycles. The quantitative estimate of drug-likeness (QED) is 0.841. The minimum Gasteiger partial charge on any atom is -0.489 e. The molecule has 4 nitrogen and oxygen atoms in total. The number of hydrogen-bond donors (Lipinski definition) is 1. The molecule has 0 spiro atoms. The number of pyridine rings is 1. The summed E-state index contributed by atoms with van der Waals surface area (Å²) < 4.78 is 11.1. The van der Waals surface area contributed by atoms with Gasteiger partial charge in [-0.25, -0.2) is 0 Å². The van der Waals surface area contributed by atoms with Gasteiger partial charge >= 0.3 is 0 Å². The largest absolute Gasteiger partial charge is 0.489 e. The van der Waals surface area contributed by atoms with E-state index in [0.29, 0.717) is 6.61 Å². The first kappa shape index (κ1) is 11.4. The highest BCUT2D eigenvalue weighted by Crippen LogP contribution is 2.16. The van der Waals surface area contributed by atoms with Crippen LogP contribution in [0.4, 0.5) is 0 Å². The molecule has 0 bridgehead atoms. The van der Waals surface area contributed by atoms with E-state index in [1.807, 2.05) is 19.1 Å². The SMILES string of the molecule is C[C@H](N)c1ccc(OCC2CCCO2)cn1. The average molecular weight is 222 g/mol. The summed E-state index contributed by atoms with van der Waals surface area (Å²) in [4.78, 5) is 4.23. The molecule has 0 aromatic carbocycles. The van der Waals surface area contributed by atoms with Gasteiger partial charge in [0.25, 0.3) is 0 Å². The lowest BCUT2D eigenvalue weighted by molar-refractivity contribution is 0.0678. The van der Waals surface area contributed by atoms with Crippen LogP contribution < -0.4 is 10.5 Å². The predicted molar refractivity (Wildman–Crippen MR) is 61.3 cm³/mol. The number of aromatic nitrogens is 1. The van der Waals surface area contributed by atoms with Crippen LogP contribution in [0.5, 0.6) is 5.75 Å². The van der Waals surface area contributed by atoms with E-state index in [1.165, 1.54) is 0 Å². The van der Waals surface area contributed by atoms with E-state index in [2.05, 4.69) is 4.98 Å². The Hall–Kier alpha value is -1.13. The van der Waals surface area contributed by atoms with Gasteiger partial charge in [0, 0.05) is 12.6 Å². The molecule has 1 unspecified atom stereocenters. The van der Waals surface area contributed by atoms with E-state index in [1.54, 1.807) is 6.20 Å². The first-order valence-electron chi connectivity index (χ1n) is 5.71. The lowest BCUT2D eigenvalue weighted by atomic mass is 10.2. The Morgan fingerprint density at radius 2 is 2.50 bits per heavy atom. The third-order valence-corrected chi connectivity index (χ3v) is 2.69. The van der Waals surface area contributed by atoms with Gasteiger partial charge in [-0.05, 0) is 31.9 Å². The summed E-state index contributed by atoms with van der Waals surface area (Å²) in [5.41, 5.74) is 6.59. The Kier molecular flexibility index (Phi) is 3.74. The maximum Gasteiger partial charge on any atom is 0.137 e. The molecule has 1 aromatic heterocycles. The molecule has 0 saturated carbocycles. The zero-order valence-electron chi connectivity index (χ0n) is 9.56. The van der Waals surface area contributed by atoms with E-state index in [0.717, 1.165) is 30.9 Å². The molecule has 2 rings (SSSR count). The second-order valence-electron chi connectivity index (χ2n) is 4.15. The first-order valence-corrected chi connectivity index (χ1v) is 5.71. The molecular weight excluding hydrogens is 204 g/mol. The molecule has 16 heavy (non-hydrogen) atoms. The van der Waals surface area contributed by atoms with Crippen LogP contribution in [0.15, 0.2) is 18.3 Å². The van der Waals surface area contributed by atoms with Crippen molar-refractivity contribution in [3.05, 3.63) is 24.0 Å². The number of nitrogens with two attached hydrogens (primary N) is 1. The third-order valence-electron chi connectivity index (χ3n) is 2.69. The second kappa shape index (κ2) is 5.27. The van der Waals surface area contributed by atoms with Crippen LogP contribution in [0.1, 0.15) is 31.5 Å². The maximum atomic E-state index is 5.71. The fraction of sp³-hybridized carbons (Fsp3) is 0.583. The Morgan fingerprint density at radius 1 is 1.62 bits per heavy atom. The molecule has 0 aliphatic carbocycles. The van der Waals surface area contributed by atoms with Gasteiger partial charge in [0.05, 0.1) is 18.0 Å². The van der Waals surface area contributed by atoms with Gasteiger partial charge in [0.15, 0.2) is 0 Å². The van der Waals surface area contributed by atoms with Crippen molar-refractivity contribution in [2.75, 3.05) is 13.2 Å². The second-order valence-corrected chi connectivity index (χ2v) is 4.15. The van der Waals surface area contributed by atoms with Gasteiger partial charge < -0.3 is 15.2 Å². The maximum absolute atomic E-state index is 5.71. The summed E-state index contributed by atoms with van der Waals surface area (Å²) in [6.07, 6.45) is 4.18. The zero-order chi connectivity index (χ0) is 11.4. The molecule has 1 aliphatic heterocycles. The van der Waals surface area contributed by atoms with Crippen LogP contribution in [0.2, 0.25) is 0 Å². The molecule has 1 aliphatic rings. The normalized spacial score (nSPS) is 22.0. The summed E-state index contributed by atoms with van der Waals surface area (Å²) >= 11 is 0. The highest BCUT2D eigenvalue weighted by molar-refractivity contribution is 5.21. The summed E-state index contributed by atoms with van der Waals surface area (Å²) in [6, 6.07) is 3.77. The van der Waals surface area contributed by atoms with Crippen molar-refractivity contribution in [2.24, 2.45) is 5.73 Å². The summed E-state index contributed by atoms with van der Waals surface area (Å²) in [6.45, 7) is 3.38. The topological polar surface area (TPSA) is 57.4 Å².